The van der Waals surface area contributed by atoms with Gasteiger partial charge in [-0.25, -0.2) is 0 Å². The van der Waals surface area contributed by atoms with Crippen LogP contribution in [-0.4, -0.2) is 30.6 Å². The van der Waals surface area contributed by atoms with Gasteiger partial charge in [0.2, 0.25) is 0 Å². The van der Waals surface area contributed by atoms with E-state index in [0.717, 1.165) is 11.8 Å². The van der Waals surface area contributed by atoms with Gasteiger partial charge >= 0.3 is 0 Å². The lowest BCUT2D eigenvalue weighted by atomic mass is 9.70. The zero-order valence-electron chi connectivity index (χ0n) is 11.9. The first kappa shape index (κ1) is 13.4. The SMILES string of the molecule is CC1CCCC(C(N)CCC2CC2)(N(C)C)C1. The molecule has 17 heavy (non-hydrogen) atoms. The van der Waals surface area contributed by atoms with E-state index in [1.165, 1.54) is 51.4 Å². The van der Waals surface area contributed by atoms with Crippen molar-refractivity contribution in [3.05, 3.63) is 0 Å². The van der Waals surface area contributed by atoms with Gasteiger partial charge in [-0.05, 0) is 51.6 Å². The van der Waals surface area contributed by atoms with Crippen molar-refractivity contribution >= 4 is 0 Å². The second-order valence-electron chi connectivity index (χ2n) is 6.83. The van der Waals surface area contributed by atoms with Crippen LogP contribution in [-0.2, 0) is 0 Å². The van der Waals surface area contributed by atoms with Gasteiger partial charge in [0.15, 0.2) is 0 Å². The number of nitrogens with zero attached hydrogens (tertiary/aromatic N) is 1. The lowest BCUT2D eigenvalue weighted by molar-refractivity contribution is 0.0466. The fraction of sp³-hybridized carbons (Fsp3) is 1.00. The molecule has 0 aromatic carbocycles. The van der Waals surface area contributed by atoms with Crippen molar-refractivity contribution in [2.75, 3.05) is 14.1 Å². The predicted octanol–water partition coefficient (Wildman–Crippen LogP) is 3.01. The molecule has 2 rings (SSSR count). The van der Waals surface area contributed by atoms with E-state index in [4.69, 9.17) is 5.73 Å². The van der Waals surface area contributed by atoms with Crippen LogP contribution >= 0.6 is 0 Å². The van der Waals surface area contributed by atoms with Gasteiger partial charge in [0, 0.05) is 11.6 Å². The Hall–Kier alpha value is -0.0800. The van der Waals surface area contributed by atoms with E-state index in [-0.39, 0.29) is 5.54 Å². The Morgan fingerprint density at radius 2 is 2.00 bits per heavy atom. The summed E-state index contributed by atoms with van der Waals surface area (Å²) in [5, 5.41) is 0. The van der Waals surface area contributed by atoms with Gasteiger partial charge in [0.05, 0.1) is 0 Å². The van der Waals surface area contributed by atoms with Crippen LogP contribution in [0.1, 0.15) is 58.3 Å². The molecule has 0 aromatic rings. The Labute approximate surface area is 107 Å². The summed E-state index contributed by atoms with van der Waals surface area (Å²) in [6.45, 7) is 2.39. The summed E-state index contributed by atoms with van der Waals surface area (Å²) in [6.07, 6.45) is 10.9. The smallest absolute Gasteiger partial charge is 0.0356 e. The van der Waals surface area contributed by atoms with Gasteiger partial charge in [-0.3, -0.25) is 0 Å². The van der Waals surface area contributed by atoms with Crippen molar-refractivity contribution in [2.45, 2.75) is 69.9 Å². The van der Waals surface area contributed by atoms with E-state index in [2.05, 4.69) is 25.9 Å². The molecule has 3 unspecified atom stereocenters. The molecule has 0 radical (unpaired) electrons. The zero-order chi connectivity index (χ0) is 12.5. The molecule has 2 N–H and O–H groups in total. The van der Waals surface area contributed by atoms with Crippen LogP contribution in [0.4, 0.5) is 0 Å². The summed E-state index contributed by atoms with van der Waals surface area (Å²) in [5.41, 5.74) is 6.87. The Balaban J connectivity index is 1.97. The molecule has 0 bridgehead atoms. The number of nitrogens with two attached hydrogens (primary N) is 1. The molecule has 2 heteroatoms. The second-order valence-corrected chi connectivity index (χ2v) is 6.83. The fourth-order valence-electron chi connectivity index (χ4n) is 3.73. The predicted molar refractivity (Wildman–Crippen MR) is 74.0 cm³/mol. The molecule has 3 atom stereocenters. The maximum Gasteiger partial charge on any atom is 0.0356 e. The molecule has 0 aliphatic heterocycles. The Bertz CT molecular complexity index is 247. The number of rotatable bonds is 5. The van der Waals surface area contributed by atoms with Crippen LogP contribution in [0.25, 0.3) is 0 Å². The minimum Gasteiger partial charge on any atom is -0.326 e. The molecule has 2 saturated carbocycles. The second kappa shape index (κ2) is 5.27. The molecular formula is C15H30N2. The molecule has 0 aromatic heterocycles. The van der Waals surface area contributed by atoms with E-state index in [0.29, 0.717) is 6.04 Å². The molecule has 2 aliphatic carbocycles. The summed E-state index contributed by atoms with van der Waals surface area (Å²) in [6, 6.07) is 0.376. The first-order valence-corrected chi connectivity index (χ1v) is 7.47. The van der Waals surface area contributed by atoms with Gasteiger partial charge in [0.25, 0.3) is 0 Å². The highest BCUT2D eigenvalue weighted by Crippen LogP contribution is 2.40. The number of hydrogen-bond donors (Lipinski definition) is 1. The van der Waals surface area contributed by atoms with E-state index in [9.17, 15) is 0 Å². The summed E-state index contributed by atoms with van der Waals surface area (Å²) in [7, 11) is 4.46. The normalized spacial score (nSPS) is 36.2. The third kappa shape index (κ3) is 3.03. The first-order valence-electron chi connectivity index (χ1n) is 7.47. The van der Waals surface area contributed by atoms with Crippen LogP contribution in [0.2, 0.25) is 0 Å². The van der Waals surface area contributed by atoms with Crippen molar-refractivity contribution in [1.82, 2.24) is 4.90 Å². The van der Waals surface area contributed by atoms with Crippen LogP contribution in [0.15, 0.2) is 0 Å². The standard InChI is InChI=1S/C15H30N2/c1-12-5-4-10-15(11-12,17(2)3)14(16)9-8-13-6-7-13/h12-14H,4-11,16H2,1-3H3. The highest BCUT2D eigenvalue weighted by Gasteiger charge is 2.42. The van der Waals surface area contributed by atoms with Gasteiger partial charge in [-0.1, -0.05) is 32.6 Å². The summed E-state index contributed by atoms with van der Waals surface area (Å²) >= 11 is 0. The van der Waals surface area contributed by atoms with Gasteiger partial charge in [-0.2, -0.15) is 0 Å². The van der Waals surface area contributed by atoms with E-state index >= 15 is 0 Å². The number of likely N-dealkylation sites (N-methyl/N-ethyl adjacent to an activating group) is 1. The molecule has 0 heterocycles. The largest absolute Gasteiger partial charge is 0.326 e. The third-order valence-electron chi connectivity index (χ3n) is 5.17. The lowest BCUT2D eigenvalue weighted by Gasteiger charge is -2.49. The molecule has 0 amide bonds. The minimum absolute atomic E-state index is 0.284. The quantitative estimate of drug-likeness (QED) is 0.798. The van der Waals surface area contributed by atoms with Crippen LogP contribution in [0.3, 0.4) is 0 Å². The summed E-state index contributed by atoms with van der Waals surface area (Å²) in [5.74, 6) is 1.86. The van der Waals surface area contributed by atoms with Crippen LogP contribution in [0, 0.1) is 11.8 Å². The van der Waals surface area contributed by atoms with E-state index in [1.807, 2.05) is 0 Å². The average Bonchev–Trinajstić information content (AvgIpc) is 3.09. The Morgan fingerprint density at radius 1 is 1.29 bits per heavy atom. The maximum absolute atomic E-state index is 6.58. The average molecular weight is 238 g/mol. The third-order valence-corrected chi connectivity index (χ3v) is 5.17. The van der Waals surface area contributed by atoms with Crippen LogP contribution in [0.5, 0.6) is 0 Å². The highest BCUT2D eigenvalue weighted by molar-refractivity contribution is 5.00. The molecule has 0 saturated heterocycles. The lowest BCUT2D eigenvalue weighted by Crippen LogP contribution is -2.59. The molecule has 100 valence electrons. The van der Waals surface area contributed by atoms with Crippen LogP contribution < -0.4 is 5.73 Å². The molecular weight excluding hydrogens is 208 g/mol. The molecule has 2 nitrogen and oxygen atoms in total. The van der Waals surface area contributed by atoms with Crippen molar-refractivity contribution in [1.29, 1.82) is 0 Å². The maximum atomic E-state index is 6.58. The van der Waals surface area contributed by atoms with Crippen molar-refractivity contribution in [2.24, 2.45) is 17.6 Å². The van der Waals surface area contributed by atoms with Crippen molar-refractivity contribution in [3.63, 3.8) is 0 Å². The first-order chi connectivity index (χ1) is 8.04. The van der Waals surface area contributed by atoms with Crippen molar-refractivity contribution < 1.29 is 0 Å². The Morgan fingerprint density at radius 3 is 2.53 bits per heavy atom. The summed E-state index contributed by atoms with van der Waals surface area (Å²) in [4.78, 5) is 2.43. The van der Waals surface area contributed by atoms with E-state index < -0.39 is 0 Å². The van der Waals surface area contributed by atoms with Crippen molar-refractivity contribution in [3.8, 4) is 0 Å². The highest BCUT2D eigenvalue weighted by atomic mass is 15.2. The monoisotopic (exact) mass is 238 g/mol. The Kier molecular flexibility index (Phi) is 4.14. The number of hydrogen-bond acceptors (Lipinski definition) is 2. The van der Waals surface area contributed by atoms with E-state index in [1.54, 1.807) is 0 Å². The minimum atomic E-state index is 0.284. The molecule has 2 aliphatic rings. The summed E-state index contributed by atoms with van der Waals surface area (Å²) < 4.78 is 0. The van der Waals surface area contributed by atoms with Gasteiger partial charge in [-0.15, -0.1) is 0 Å². The topological polar surface area (TPSA) is 29.3 Å². The fourth-order valence-corrected chi connectivity index (χ4v) is 3.73. The van der Waals surface area contributed by atoms with Gasteiger partial charge < -0.3 is 10.6 Å². The van der Waals surface area contributed by atoms with Gasteiger partial charge in [0.1, 0.15) is 0 Å². The molecule has 0 spiro atoms. The molecule has 2 fully saturated rings. The zero-order valence-corrected chi connectivity index (χ0v) is 11.9.